The summed E-state index contributed by atoms with van der Waals surface area (Å²) >= 11 is 3.53. The molecule has 1 fully saturated rings. The van der Waals surface area contributed by atoms with Crippen LogP contribution < -0.4 is 0 Å². The van der Waals surface area contributed by atoms with Crippen LogP contribution in [-0.4, -0.2) is 27.4 Å². The molecule has 4 nitrogen and oxygen atoms in total. The molecule has 130 valence electrons. The van der Waals surface area contributed by atoms with E-state index in [9.17, 15) is 4.79 Å². The Kier molecular flexibility index (Phi) is 3.23. The molecule has 1 spiro atoms. The fourth-order valence-corrected chi connectivity index (χ4v) is 4.57. The minimum Gasteiger partial charge on any atom is -0.331 e. The first-order valence-corrected chi connectivity index (χ1v) is 9.53. The van der Waals surface area contributed by atoms with E-state index in [1.54, 1.807) is 0 Å². The van der Waals surface area contributed by atoms with E-state index in [4.69, 9.17) is 0 Å². The van der Waals surface area contributed by atoms with E-state index in [1.807, 2.05) is 48.0 Å². The number of nitrogens with zero attached hydrogens (tertiary/aromatic N) is 3. The third-order valence-electron chi connectivity index (χ3n) is 5.75. The van der Waals surface area contributed by atoms with Gasteiger partial charge in [-0.05, 0) is 59.5 Å². The van der Waals surface area contributed by atoms with Crippen molar-refractivity contribution in [3.63, 3.8) is 0 Å². The molecule has 1 aromatic carbocycles. The van der Waals surface area contributed by atoms with Crippen molar-refractivity contribution >= 4 is 21.8 Å². The maximum atomic E-state index is 13.1. The summed E-state index contributed by atoms with van der Waals surface area (Å²) in [6.07, 6.45) is 5.83. The minimum absolute atomic E-state index is 0.0727. The Labute approximate surface area is 160 Å². The topological polar surface area (TPSA) is 38.1 Å². The molecule has 0 radical (unpaired) electrons. The van der Waals surface area contributed by atoms with Gasteiger partial charge in [0.15, 0.2) is 0 Å². The SMILES string of the molecule is Cc1ncccc1-c1ccc2c(c1)-n1cc(Br)cc1C(=O)N(C)C21CC1. The highest BCUT2D eigenvalue weighted by atomic mass is 79.9. The van der Waals surface area contributed by atoms with E-state index in [1.165, 1.54) is 5.56 Å². The Morgan fingerprint density at radius 3 is 2.73 bits per heavy atom. The monoisotopic (exact) mass is 407 g/mol. The predicted molar refractivity (Wildman–Crippen MR) is 104 cm³/mol. The van der Waals surface area contributed by atoms with Crippen LogP contribution in [0, 0.1) is 6.92 Å². The third-order valence-corrected chi connectivity index (χ3v) is 6.19. The Morgan fingerprint density at radius 2 is 2.00 bits per heavy atom. The number of pyridine rings is 1. The van der Waals surface area contributed by atoms with Crippen LogP contribution in [0.15, 0.2) is 53.3 Å². The number of carbonyl (C=O) groups is 1. The maximum absolute atomic E-state index is 13.1. The Bertz CT molecular complexity index is 1060. The van der Waals surface area contributed by atoms with Crippen molar-refractivity contribution in [3.05, 3.63) is 70.2 Å². The van der Waals surface area contributed by atoms with Gasteiger partial charge < -0.3 is 9.47 Å². The molecule has 1 aliphatic heterocycles. The summed E-state index contributed by atoms with van der Waals surface area (Å²) < 4.78 is 2.94. The normalized spacial score (nSPS) is 17.0. The first kappa shape index (κ1) is 15.8. The number of hydrogen-bond donors (Lipinski definition) is 0. The number of hydrogen-bond acceptors (Lipinski definition) is 2. The van der Waals surface area contributed by atoms with Crippen molar-refractivity contribution in [3.8, 4) is 16.8 Å². The molecule has 3 aromatic rings. The summed E-state index contributed by atoms with van der Waals surface area (Å²) in [6.45, 7) is 2.03. The van der Waals surface area contributed by atoms with Gasteiger partial charge in [0.25, 0.3) is 5.91 Å². The Hall–Kier alpha value is -2.40. The number of fused-ring (bicyclic) bond motifs is 4. The minimum atomic E-state index is -0.166. The van der Waals surface area contributed by atoms with Crippen LogP contribution in [0.5, 0.6) is 0 Å². The molecule has 0 unspecified atom stereocenters. The molecule has 0 saturated heterocycles. The molecule has 0 N–H and O–H groups in total. The molecule has 2 aromatic heterocycles. The standard InChI is InChI=1S/C21H18BrN3O/c1-13-16(4-3-9-23-13)14-5-6-17-18(10-14)25-12-15(22)11-19(25)20(26)24(2)21(17)7-8-21/h3-6,9-12H,7-8H2,1-2H3. The maximum Gasteiger partial charge on any atom is 0.271 e. The van der Waals surface area contributed by atoms with E-state index in [0.29, 0.717) is 5.69 Å². The van der Waals surface area contributed by atoms with Gasteiger partial charge in [-0.15, -0.1) is 0 Å². The fraction of sp³-hybridized carbons (Fsp3) is 0.238. The average molecular weight is 408 g/mol. The number of carbonyl (C=O) groups excluding carboxylic acids is 1. The van der Waals surface area contributed by atoms with E-state index in [0.717, 1.165) is 39.8 Å². The lowest BCUT2D eigenvalue weighted by molar-refractivity contribution is 0.0705. The van der Waals surface area contributed by atoms with Crippen LogP contribution in [-0.2, 0) is 5.54 Å². The molecule has 0 bridgehead atoms. The average Bonchev–Trinajstić information content (AvgIpc) is 3.36. The highest BCUT2D eigenvalue weighted by Gasteiger charge is 2.53. The smallest absolute Gasteiger partial charge is 0.271 e. The van der Waals surface area contributed by atoms with Crippen molar-refractivity contribution < 1.29 is 4.79 Å². The molecule has 2 aliphatic rings. The molecule has 1 saturated carbocycles. The molecule has 5 rings (SSSR count). The van der Waals surface area contributed by atoms with Crippen LogP contribution in [0.2, 0.25) is 0 Å². The van der Waals surface area contributed by atoms with Gasteiger partial charge in [-0.3, -0.25) is 9.78 Å². The lowest BCUT2D eigenvalue weighted by Gasteiger charge is -2.27. The number of amides is 1. The second-order valence-electron chi connectivity index (χ2n) is 7.18. The number of aromatic nitrogens is 2. The summed E-state index contributed by atoms with van der Waals surface area (Å²) in [6, 6.07) is 12.5. The molecular formula is C21H18BrN3O. The van der Waals surface area contributed by atoms with Gasteiger partial charge in [0.05, 0.1) is 11.2 Å². The van der Waals surface area contributed by atoms with Crippen LogP contribution in [0.25, 0.3) is 16.8 Å². The third kappa shape index (κ3) is 2.07. The molecule has 1 amide bonds. The van der Waals surface area contributed by atoms with Gasteiger partial charge in [-0.25, -0.2) is 0 Å². The van der Waals surface area contributed by atoms with Gasteiger partial charge in [-0.1, -0.05) is 18.2 Å². The second kappa shape index (κ2) is 5.30. The lowest BCUT2D eigenvalue weighted by atomic mass is 9.96. The van der Waals surface area contributed by atoms with Crippen molar-refractivity contribution in [1.82, 2.24) is 14.5 Å². The van der Waals surface area contributed by atoms with Crippen LogP contribution in [0.1, 0.15) is 34.6 Å². The zero-order valence-electron chi connectivity index (χ0n) is 14.7. The van der Waals surface area contributed by atoms with Crippen LogP contribution in [0.4, 0.5) is 0 Å². The summed E-state index contributed by atoms with van der Waals surface area (Å²) in [5.74, 6) is 0.0727. The van der Waals surface area contributed by atoms with Crippen molar-refractivity contribution in [2.24, 2.45) is 0 Å². The summed E-state index contributed by atoms with van der Waals surface area (Å²) in [5, 5.41) is 0. The van der Waals surface area contributed by atoms with Gasteiger partial charge in [0.1, 0.15) is 5.69 Å². The zero-order chi connectivity index (χ0) is 18.1. The van der Waals surface area contributed by atoms with E-state index >= 15 is 0 Å². The van der Waals surface area contributed by atoms with Crippen molar-refractivity contribution in [2.75, 3.05) is 7.05 Å². The molecular weight excluding hydrogens is 390 g/mol. The van der Waals surface area contributed by atoms with Crippen LogP contribution >= 0.6 is 15.9 Å². The van der Waals surface area contributed by atoms with Gasteiger partial charge in [0, 0.05) is 40.7 Å². The summed E-state index contributed by atoms with van der Waals surface area (Å²) in [7, 11) is 1.93. The Balaban J connectivity index is 1.80. The predicted octanol–water partition coefficient (Wildman–Crippen LogP) is 4.68. The summed E-state index contributed by atoms with van der Waals surface area (Å²) in [4.78, 5) is 19.4. The quantitative estimate of drug-likeness (QED) is 0.586. The molecule has 3 heterocycles. The number of aryl methyl sites for hydroxylation is 1. The molecule has 26 heavy (non-hydrogen) atoms. The second-order valence-corrected chi connectivity index (χ2v) is 8.09. The van der Waals surface area contributed by atoms with E-state index in [-0.39, 0.29) is 11.4 Å². The number of halogens is 1. The summed E-state index contributed by atoms with van der Waals surface area (Å²) in [5.41, 5.74) is 6.09. The first-order valence-electron chi connectivity index (χ1n) is 8.74. The largest absolute Gasteiger partial charge is 0.331 e. The lowest BCUT2D eigenvalue weighted by Crippen LogP contribution is -2.36. The van der Waals surface area contributed by atoms with Gasteiger partial charge in [0.2, 0.25) is 0 Å². The molecule has 5 heteroatoms. The highest BCUT2D eigenvalue weighted by Crippen LogP contribution is 2.54. The van der Waals surface area contributed by atoms with Gasteiger partial charge >= 0.3 is 0 Å². The molecule has 1 aliphatic carbocycles. The van der Waals surface area contributed by atoms with E-state index < -0.39 is 0 Å². The first-order chi connectivity index (χ1) is 12.5. The van der Waals surface area contributed by atoms with Gasteiger partial charge in [-0.2, -0.15) is 0 Å². The number of rotatable bonds is 1. The Morgan fingerprint density at radius 1 is 1.19 bits per heavy atom. The van der Waals surface area contributed by atoms with Crippen molar-refractivity contribution in [1.29, 1.82) is 0 Å². The number of benzene rings is 1. The fourth-order valence-electron chi connectivity index (χ4n) is 4.15. The molecule has 0 atom stereocenters. The van der Waals surface area contributed by atoms with Crippen LogP contribution in [0.3, 0.4) is 0 Å². The zero-order valence-corrected chi connectivity index (χ0v) is 16.2. The highest BCUT2D eigenvalue weighted by molar-refractivity contribution is 9.10. The van der Waals surface area contributed by atoms with E-state index in [2.05, 4.69) is 45.2 Å². The van der Waals surface area contributed by atoms with Crippen molar-refractivity contribution in [2.45, 2.75) is 25.3 Å².